The summed E-state index contributed by atoms with van der Waals surface area (Å²) in [5.41, 5.74) is -5.16. The van der Waals surface area contributed by atoms with Gasteiger partial charge in [0, 0.05) is 5.75 Å². The van der Waals surface area contributed by atoms with E-state index in [-0.39, 0.29) is 23.9 Å². The number of aliphatic carboxylic acids is 1. The number of alkyl halides is 3. The summed E-state index contributed by atoms with van der Waals surface area (Å²) in [5.74, 6) is -1.09. The minimum absolute atomic E-state index is 0.118. The Balaban J connectivity index is 2.48. The molecule has 16 heavy (non-hydrogen) atoms. The maximum atomic E-state index is 12.0. The molecule has 0 aromatic rings. The number of carboxylic acids is 1. The van der Waals surface area contributed by atoms with Gasteiger partial charge in [-0.1, -0.05) is 31.0 Å². The third-order valence-corrected chi connectivity index (χ3v) is 3.85. The van der Waals surface area contributed by atoms with Crippen LogP contribution in [0, 0.1) is 5.41 Å². The molecule has 94 valence electrons. The predicted molar refractivity (Wildman–Crippen MR) is 56.3 cm³/mol. The van der Waals surface area contributed by atoms with E-state index in [0.717, 1.165) is 19.3 Å². The Bertz CT molecular complexity index is 247. The lowest BCUT2D eigenvalue weighted by molar-refractivity contribution is -0.151. The summed E-state index contributed by atoms with van der Waals surface area (Å²) in [4.78, 5) is 11.1. The zero-order valence-corrected chi connectivity index (χ0v) is 9.66. The molecular formula is C10H15F3O2S. The van der Waals surface area contributed by atoms with E-state index in [0.29, 0.717) is 12.8 Å². The number of carboxylic acid groups (broad SMARTS) is 1. The molecule has 0 saturated heterocycles. The quantitative estimate of drug-likeness (QED) is 0.834. The normalized spacial score (nSPS) is 20.7. The molecule has 0 aliphatic heterocycles. The number of hydrogen-bond donors (Lipinski definition) is 1. The van der Waals surface area contributed by atoms with Crippen molar-refractivity contribution in [1.29, 1.82) is 0 Å². The standard InChI is InChI=1S/C10H15F3O2S/c11-10(12,13)16-7-6-9(8(14)15)4-2-1-3-5-9/h1-7H2,(H,14,15). The molecule has 1 fully saturated rings. The van der Waals surface area contributed by atoms with Crippen LogP contribution in [0.15, 0.2) is 0 Å². The van der Waals surface area contributed by atoms with Crippen LogP contribution in [0.4, 0.5) is 13.2 Å². The van der Waals surface area contributed by atoms with Gasteiger partial charge >= 0.3 is 11.5 Å². The second-order valence-corrected chi connectivity index (χ2v) is 5.35. The Morgan fingerprint density at radius 1 is 1.25 bits per heavy atom. The van der Waals surface area contributed by atoms with Crippen molar-refractivity contribution in [1.82, 2.24) is 0 Å². The molecule has 0 spiro atoms. The summed E-state index contributed by atoms with van der Waals surface area (Å²) >= 11 is -0.120. The highest BCUT2D eigenvalue weighted by Crippen LogP contribution is 2.42. The van der Waals surface area contributed by atoms with E-state index in [4.69, 9.17) is 5.11 Å². The molecule has 1 aliphatic rings. The maximum absolute atomic E-state index is 12.0. The van der Waals surface area contributed by atoms with Crippen molar-refractivity contribution >= 4 is 17.7 Å². The van der Waals surface area contributed by atoms with Crippen LogP contribution in [0.3, 0.4) is 0 Å². The fraction of sp³-hybridized carbons (Fsp3) is 0.900. The minimum atomic E-state index is -4.26. The molecular weight excluding hydrogens is 241 g/mol. The van der Waals surface area contributed by atoms with Gasteiger partial charge in [-0.15, -0.1) is 0 Å². The van der Waals surface area contributed by atoms with Crippen LogP contribution in [-0.4, -0.2) is 22.3 Å². The zero-order valence-electron chi connectivity index (χ0n) is 8.85. The monoisotopic (exact) mass is 256 g/mol. The van der Waals surface area contributed by atoms with Gasteiger partial charge in [0.25, 0.3) is 0 Å². The van der Waals surface area contributed by atoms with Crippen LogP contribution in [0.2, 0.25) is 0 Å². The van der Waals surface area contributed by atoms with Crippen LogP contribution in [0.5, 0.6) is 0 Å². The van der Waals surface area contributed by atoms with Gasteiger partial charge in [-0.05, 0) is 19.3 Å². The first-order valence-corrected chi connectivity index (χ1v) is 6.28. The van der Waals surface area contributed by atoms with Crippen molar-refractivity contribution in [2.75, 3.05) is 5.75 Å². The van der Waals surface area contributed by atoms with E-state index >= 15 is 0 Å². The first kappa shape index (κ1) is 13.7. The molecule has 0 amide bonds. The van der Waals surface area contributed by atoms with E-state index < -0.39 is 16.9 Å². The molecule has 0 bridgehead atoms. The fourth-order valence-corrected chi connectivity index (χ4v) is 2.89. The van der Waals surface area contributed by atoms with Crippen molar-refractivity contribution < 1.29 is 23.1 Å². The third-order valence-electron chi connectivity index (χ3n) is 3.11. The van der Waals surface area contributed by atoms with Gasteiger partial charge in [0.1, 0.15) is 0 Å². The van der Waals surface area contributed by atoms with E-state index in [1.807, 2.05) is 0 Å². The molecule has 0 aromatic heterocycles. The van der Waals surface area contributed by atoms with Gasteiger partial charge in [0.15, 0.2) is 0 Å². The Kier molecular flexibility index (Phi) is 4.52. The lowest BCUT2D eigenvalue weighted by Crippen LogP contribution is -2.34. The average molecular weight is 256 g/mol. The Morgan fingerprint density at radius 2 is 1.81 bits per heavy atom. The summed E-state index contributed by atoms with van der Waals surface area (Å²) in [6.45, 7) is 0. The number of rotatable bonds is 4. The zero-order chi connectivity index (χ0) is 12.2. The third kappa shape index (κ3) is 3.88. The molecule has 1 saturated carbocycles. The summed E-state index contributed by atoms with van der Waals surface area (Å²) in [6, 6.07) is 0. The number of carbonyl (C=O) groups is 1. The molecule has 0 radical (unpaired) electrons. The van der Waals surface area contributed by atoms with Crippen LogP contribution in [0.1, 0.15) is 38.5 Å². The molecule has 1 N–H and O–H groups in total. The molecule has 1 rings (SSSR count). The largest absolute Gasteiger partial charge is 0.481 e. The molecule has 6 heteroatoms. The van der Waals surface area contributed by atoms with Gasteiger partial charge in [-0.25, -0.2) is 0 Å². The average Bonchev–Trinajstić information content (AvgIpc) is 2.17. The minimum Gasteiger partial charge on any atom is -0.481 e. The second kappa shape index (κ2) is 5.29. The van der Waals surface area contributed by atoms with Crippen LogP contribution in [0.25, 0.3) is 0 Å². The lowest BCUT2D eigenvalue weighted by atomic mass is 9.72. The molecule has 0 atom stereocenters. The predicted octanol–water partition coefficient (Wildman–Crippen LogP) is 3.66. The Labute approximate surface area is 96.6 Å². The van der Waals surface area contributed by atoms with Gasteiger partial charge in [-0.3, -0.25) is 4.79 Å². The molecule has 2 nitrogen and oxygen atoms in total. The van der Waals surface area contributed by atoms with E-state index in [1.165, 1.54) is 0 Å². The summed E-state index contributed by atoms with van der Waals surface area (Å²) < 4.78 is 35.9. The SMILES string of the molecule is O=C(O)C1(CCSC(F)(F)F)CCCCC1. The van der Waals surface area contributed by atoms with Crippen LogP contribution >= 0.6 is 11.8 Å². The van der Waals surface area contributed by atoms with Crippen LogP contribution in [-0.2, 0) is 4.79 Å². The summed E-state index contributed by atoms with van der Waals surface area (Å²) in [5, 5.41) is 9.13. The Hall–Kier alpha value is -0.390. The summed E-state index contributed by atoms with van der Waals surface area (Å²) in [7, 11) is 0. The van der Waals surface area contributed by atoms with Crippen molar-refractivity contribution in [3.05, 3.63) is 0 Å². The fourth-order valence-electron chi connectivity index (χ4n) is 2.16. The highest BCUT2D eigenvalue weighted by atomic mass is 32.2. The molecule has 0 unspecified atom stereocenters. The van der Waals surface area contributed by atoms with Crippen molar-refractivity contribution in [2.24, 2.45) is 5.41 Å². The molecule has 1 aliphatic carbocycles. The molecule has 0 aromatic carbocycles. The number of hydrogen-bond acceptors (Lipinski definition) is 2. The van der Waals surface area contributed by atoms with E-state index in [1.54, 1.807) is 0 Å². The number of halogens is 3. The maximum Gasteiger partial charge on any atom is 0.441 e. The Morgan fingerprint density at radius 3 is 2.25 bits per heavy atom. The topological polar surface area (TPSA) is 37.3 Å². The van der Waals surface area contributed by atoms with Gasteiger partial charge < -0.3 is 5.11 Å². The first-order valence-electron chi connectivity index (χ1n) is 5.30. The smallest absolute Gasteiger partial charge is 0.441 e. The van der Waals surface area contributed by atoms with Crippen molar-refractivity contribution in [3.8, 4) is 0 Å². The highest BCUT2D eigenvalue weighted by molar-refractivity contribution is 8.00. The summed E-state index contributed by atoms with van der Waals surface area (Å²) in [6.07, 6.45) is 3.75. The van der Waals surface area contributed by atoms with Gasteiger partial charge in [-0.2, -0.15) is 13.2 Å². The molecule has 0 heterocycles. The van der Waals surface area contributed by atoms with Crippen LogP contribution < -0.4 is 0 Å². The van der Waals surface area contributed by atoms with E-state index in [9.17, 15) is 18.0 Å². The van der Waals surface area contributed by atoms with Crippen molar-refractivity contribution in [2.45, 2.75) is 44.0 Å². The van der Waals surface area contributed by atoms with Gasteiger partial charge in [0.05, 0.1) is 5.41 Å². The lowest BCUT2D eigenvalue weighted by Gasteiger charge is -2.33. The number of thioether (sulfide) groups is 1. The van der Waals surface area contributed by atoms with Gasteiger partial charge in [0.2, 0.25) is 0 Å². The first-order chi connectivity index (χ1) is 7.36. The highest BCUT2D eigenvalue weighted by Gasteiger charge is 2.40. The van der Waals surface area contributed by atoms with E-state index in [2.05, 4.69) is 0 Å². The second-order valence-electron chi connectivity index (χ2n) is 4.19. The van der Waals surface area contributed by atoms with Crippen molar-refractivity contribution in [3.63, 3.8) is 0 Å².